The van der Waals surface area contributed by atoms with Crippen LogP contribution in [0.4, 0.5) is 0 Å². The number of carbonyl (C=O) groups is 1. The SMILES string of the molecule is Cc1cn2cc(CNC(=O)c3ccc(CN(C)[C@H](C)c4ccco4)[nH]c3=O)nc2s1. The van der Waals surface area contributed by atoms with Crippen LogP contribution in [0.3, 0.4) is 0 Å². The first-order valence-electron chi connectivity index (χ1n) is 9.59. The lowest BCUT2D eigenvalue weighted by molar-refractivity contribution is 0.0949. The number of hydrogen-bond donors (Lipinski definition) is 2. The fourth-order valence-corrected chi connectivity index (χ4v) is 4.08. The zero-order chi connectivity index (χ0) is 21.3. The number of fused-ring (bicyclic) bond motifs is 1. The molecule has 1 atom stereocenters. The summed E-state index contributed by atoms with van der Waals surface area (Å²) >= 11 is 1.59. The minimum atomic E-state index is -0.423. The second-order valence-electron chi connectivity index (χ2n) is 7.28. The highest BCUT2D eigenvalue weighted by Gasteiger charge is 2.16. The highest BCUT2D eigenvalue weighted by Crippen LogP contribution is 2.20. The van der Waals surface area contributed by atoms with Crippen LogP contribution in [-0.4, -0.2) is 32.2 Å². The van der Waals surface area contributed by atoms with Gasteiger partial charge in [0, 0.05) is 29.5 Å². The second-order valence-corrected chi connectivity index (χ2v) is 8.49. The third-order valence-electron chi connectivity index (χ3n) is 5.00. The van der Waals surface area contributed by atoms with Gasteiger partial charge in [-0.15, -0.1) is 11.3 Å². The average molecular weight is 426 g/mol. The van der Waals surface area contributed by atoms with Crippen LogP contribution in [-0.2, 0) is 13.1 Å². The molecule has 0 aromatic carbocycles. The van der Waals surface area contributed by atoms with Crippen LogP contribution in [0.25, 0.3) is 4.96 Å². The van der Waals surface area contributed by atoms with Gasteiger partial charge in [-0.3, -0.25) is 18.9 Å². The topological polar surface area (TPSA) is 95.6 Å². The minimum Gasteiger partial charge on any atom is -0.468 e. The maximum Gasteiger partial charge on any atom is 0.261 e. The van der Waals surface area contributed by atoms with Crippen LogP contribution >= 0.6 is 11.3 Å². The standard InChI is InChI=1S/C21H23N5O3S/c1-13-10-26-12-16(24-21(26)30-13)9-22-19(27)17-7-6-15(23-20(17)28)11-25(3)14(2)18-5-4-8-29-18/h4-8,10,12,14H,9,11H2,1-3H3,(H,22,27)(H,23,28)/t14-/m1/s1. The molecule has 0 radical (unpaired) electrons. The van der Waals surface area contributed by atoms with E-state index in [1.54, 1.807) is 29.7 Å². The van der Waals surface area contributed by atoms with Crippen molar-refractivity contribution in [1.82, 2.24) is 24.6 Å². The summed E-state index contributed by atoms with van der Waals surface area (Å²) in [4.78, 5) is 36.3. The van der Waals surface area contributed by atoms with Crippen LogP contribution in [0.5, 0.6) is 0 Å². The predicted molar refractivity (Wildman–Crippen MR) is 115 cm³/mol. The zero-order valence-electron chi connectivity index (χ0n) is 17.0. The van der Waals surface area contributed by atoms with Crippen molar-refractivity contribution in [3.8, 4) is 0 Å². The Kier molecular flexibility index (Phi) is 5.56. The first kappa shape index (κ1) is 20.1. The molecule has 9 heteroatoms. The molecule has 2 N–H and O–H groups in total. The monoisotopic (exact) mass is 425 g/mol. The molecule has 8 nitrogen and oxygen atoms in total. The van der Waals surface area contributed by atoms with E-state index in [2.05, 4.69) is 20.2 Å². The van der Waals surface area contributed by atoms with Gasteiger partial charge in [0.1, 0.15) is 11.3 Å². The van der Waals surface area contributed by atoms with Crippen molar-refractivity contribution in [1.29, 1.82) is 0 Å². The van der Waals surface area contributed by atoms with E-state index in [4.69, 9.17) is 4.42 Å². The Hall–Kier alpha value is -3.17. The van der Waals surface area contributed by atoms with Gasteiger partial charge >= 0.3 is 0 Å². The first-order chi connectivity index (χ1) is 14.4. The predicted octanol–water partition coefficient (Wildman–Crippen LogP) is 3.11. The van der Waals surface area contributed by atoms with Crippen molar-refractivity contribution in [2.24, 2.45) is 0 Å². The summed E-state index contributed by atoms with van der Waals surface area (Å²) in [5.74, 6) is 0.429. The molecule has 0 aliphatic rings. The summed E-state index contributed by atoms with van der Waals surface area (Å²) in [6, 6.07) is 7.14. The van der Waals surface area contributed by atoms with E-state index in [-0.39, 0.29) is 18.2 Å². The maximum absolute atomic E-state index is 12.5. The Balaban J connectivity index is 1.38. The number of rotatable bonds is 7. The molecule has 0 fully saturated rings. The van der Waals surface area contributed by atoms with Gasteiger partial charge in [0.2, 0.25) is 0 Å². The Labute approximate surface area is 177 Å². The summed E-state index contributed by atoms with van der Waals surface area (Å²) < 4.78 is 7.37. The molecule has 4 aromatic heterocycles. The number of thiazole rings is 1. The number of furan rings is 1. The fraction of sp³-hybridized carbons (Fsp3) is 0.286. The number of H-pyrrole nitrogens is 1. The lowest BCUT2D eigenvalue weighted by atomic mass is 10.2. The van der Waals surface area contributed by atoms with Crippen LogP contribution in [0, 0.1) is 6.92 Å². The lowest BCUT2D eigenvalue weighted by Gasteiger charge is -2.22. The van der Waals surface area contributed by atoms with Gasteiger partial charge in [-0.25, -0.2) is 4.98 Å². The number of hydrogen-bond acceptors (Lipinski definition) is 6. The zero-order valence-corrected chi connectivity index (χ0v) is 17.8. The van der Waals surface area contributed by atoms with Crippen molar-refractivity contribution < 1.29 is 9.21 Å². The van der Waals surface area contributed by atoms with Crippen molar-refractivity contribution in [2.75, 3.05) is 7.05 Å². The smallest absolute Gasteiger partial charge is 0.261 e. The number of amides is 1. The first-order valence-corrected chi connectivity index (χ1v) is 10.4. The molecule has 0 saturated heterocycles. The number of imidazole rings is 1. The van der Waals surface area contributed by atoms with Crippen molar-refractivity contribution in [3.63, 3.8) is 0 Å². The Morgan fingerprint density at radius 2 is 2.20 bits per heavy atom. The molecule has 0 saturated carbocycles. The maximum atomic E-state index is 12.5. The largest absolute Gasteiger partial charge is 0.468 e. The lowest BCUT2D eigenvalue weighted by Crippen LogP contribution is -2.30. The molecular weight excluding hydrogens is 402 g/mol. The molecule has 0 unspecified atom stereocenters. The molecule has 0 aliphatic carbocycles. The summed E-state index contributed by atoms with van der Waals surface area (Å²) in [6.45, 7) is 4.83. The Morgan fingerprint density at radius 1 is 1.37 bits per heavy atom. The second kappa shape index (κ2) is 8.29. The van der Waals surface area contributed by atoms with Crippen molar-refractivity contribution in [2.45, 2.75) is 33.0 Å². The van der Waals surface area contributed by atoms with Crippen LogP contribution in [0.15, 0.2) is 52.1 Å². The highest BCUT2D eigenvalue weighted by molar-refractivity contribution is 7.16. The number of aromatic nitrogens is 3. The van der Waals surface area contributed by atoms with Gasteiger partial charge < -0.3 is 14.7 Å². The van der Waals surface area contributed by atoms with E-state index in [0.717, 1.165) is 22.1 Å². The van der Waals surface area contributed by atoms with Crippen LogP contribution < -0.4 is 10.9 Å². The molecule has 1 amide bonds. The van der Waals surface area contributed by atoms with Crippen LogP contribution in [0.1, 0.15) is 45.3 Å². The third-order valence-corrected chi connectivity index (χ3v) is 5.91. The quantitative estimate of drug-likeness (QED) is 0.474. The van der Waals surface area contributed by atoms with Crippen molar-refractivity contribution >= 4 is 22.2 Å². The summed E-state index contributed by atoms with van der Waals surface area (Å²) in [7, 11) is 1.95. The van der Waals surface area contributed by atoms with Gasteiger partial charge in [0.25, 0.3) is 11.5 Å². The summed E-state index contributed by atoms with van der Waals surface area (Å²) in [5, 5.41) is 2.77. The normalized spacial score (nSPS) is 12.5. The number of nitrogens with one attached hydrogen (secondary N) is 2. The summed E-state index contributed by atoms with van der Waals surface area (Å²) in [6.07, 6.45) is 5.51. The summed E-state index contributed by atoms with van der Waals surface area (Å²) in [5.41, 5.74) is 1.14. The molecule has 4 aromatic rings. The van der Waals surface area contributed by atoms with E-state index in [1.165, 1.54) is 4.88 Å². The number of nitrogens with zero attached hydrogens (tertiary/aromatic N) is 3. The number of pyridine rings is 1. The van der Waals surface area contributed by atoms with Crippen LogP contribution in [0.2, 0.25) is 0 Å². The molecule has 0 spiro atoms. The fourth-order valence-electron chi connectivity index (χ4n) is 3.25. The van der Waals surface area contributed by atoms with E-state index < -0.39 is 11.5 Å². The van der Waals surface area contributed by atoms with Gasteiger partial charge in [0.15, 0.2) is 4.96 Å². The van der Waals surface area contributed by atoms with Crippen molar-refractivity contribution in [3.05, 3.63) is 80.9 Å². The van der Waals surface area contributed by atoms with Gasteiger partial charge in [0.05, 0.1) is 24.5 Å². The molecule has 4 heterocycles. The number of aryl methyl sites for hydroxylation is 1. The van der Waals surface area contributed by atoms with Gasteiger partial charge in [-0.2, -0.15) is 0 Å². The van der Waals surface area contributed by atoms with E-state index in [1.807, 2.05) is 49.8 Å². The number of carbonyl (C=O) groups excluding carboxylic acids is 1. The van der Waals surface area contributed by atoms with E-state index >= 15 is 0 Å². The Morgan fingerprint density at radius 3 is 2.90 bits per heavy atom. The van der Waals surface area contributed by atoms with Gasteiger partial charge in [-0.05, 0) is 45.2 Å². The molecule has 30 heavy (non-hydrogen) atoms. The third kappa shape index (κ3) is 4.22. The van der Waals surface area contributed by atoms with E-state index in [9.17, 15) is 9.59 Å². The van der Waals surface area contributed by atoms with E-state index in [0.29, 0.717) is 6.54 Å². The van der Waals surface area contributed by atoms with Gasteiger partial charge in [-0.1, -0.05) is 0 Å². The Bertz CT molecular complexity index is 1190. The molecule has 4 rings (SSSR count). The molecule has 156 valence electrons. The molecule has 0 aliphatic heterocycles. The molecule has 0 bridgehead atoms. The minimum absolute atomic E-state index is 0.0554. The highest BCUT2D eigenvalue weighted by atomic mass is 32.1. The number of aromatic amines is 1. The molecular formula is C21H23N5O3S. The average Bonchev–Trinajstić information content (AvgIpc) is 3.42.